The van der Waals surface area contributed by atoms with Gasteiger partial charge in [-0.2, -0.15) is 4.98 Å². The Balaban J connectivity index is 1.35. The van der Waals surface area contributed by atoms with Crippen LogP contribution in [0.2, 0.25) is 5.02 Å². The fourth-order valence-corrected chi connectivity index (χ4v) is 3.94. The highest BCUT2D eigenvalue weighted by Gasteiger charge is 2.37. The van der Waals surface area contributed by atoms with Gasteiger partial charge in [-0.3, -0.25) is 4.79 Å². The van der Waals surface area contributed by atoms with E-state index in [0.29, 0.717) is 41.5 Å². The Bertz CT molecular complexity index is 756. The number of hydrogen-bond donors (Lipinski definition) is 0. The minimum Gasteiger partial charge on any atom is -0.484 e. The Morgan fingerprint density at radius 2 is 1.96 bits per heavy atom. The number of amides is 1. The molecule has 138 valence electrons. The van der Waals surface area contributed by atoms with Crippen LogP contribution in [0, 0.1) is 0 Å². The number of benzene rings is 1. The van der Waals surface area contributed by atoms with Crippen LogP contribution < -0.4 is 4.74 Å². The average Bonchev–Trinajstić information content (AvgIpc) is 3.28. The zero-order valence-electron chi connectivity index (χ0n) is 14.6. The van der Waals surface area contributed by atoms with Gasteiger partial charge in [0.2, 0.25) is 5.91 Å². The van der Waals surface area contributed by atoms with Gasteiger partial charge in [0.1, 0.15) is 5.75 Å². The van der Waals surface area contributed by atoms with Crippen LogP contribution in [-0.2, 0) is 11.4 Å². The second-order valence-electron chi connectivity index (χ2n) is 7.03. The molecule has 0 N–H and O–H groups in total. The van der Waals surface area contributed by atoms with Crippen LogP contribution in [0.3, 0.4) is 0 Å². The van der Waals surface area contributed by atoms with Crippen LogP contribution in [0.4, 0.5) is 0 Å². The average molecular weight is 376 g/mol. The summed E-state index contributed by atoms with van der Waals surface area (Å²) < 4.78 is 10.9. The van der Waals surface area contributed by atoms with E-state index in [2.05, 4.69) is 10.1 Å². The van der Waals surface area contributed by atoms with E-state index in [1.807, 2.05) is 4.90 Å². The van der Waals surface area contributed by atoms with Crippen molar-refractivity contribution in [1.82, 2.24) is 15.0 Å². The van der Waals surface area contributed by atoms with E-state index in [4.69, 9.17) is 20.9 Å². The van der Waals surface area contributed by atoms with Crippen LogP contribution in [0.5, 0.6) is 5.75 Å². The van der Waals surface area contributed by atoms with E-state index in [1.165, 1.54) is 19.3 Å². The van der Waals surface area contributed by atoms with Crippen molar-refractivity contribution < 1.29 is 14.1 Å². The minimum atomic E-state index is 0.0115. The Kier molecular flexibility index (Phi) is 5.11. The molecule has 1 saturated carbocycles. The van der Waals surface area contributed by atoms with Crippen molar-refractivity contribution in [3.05, 3.63) is 41.0 Å². The lowest BCUT2D eigenvalue weighted by atomic mass is 9.94. The third kappa shape index (κ3) is 3.85. The molecule has 1 aliphatic carbocycles. The van der Waals surface area contributed by atoms with Gasteiger partial charge < -0.3 is 14.2 Å². The number of carbonyl (C=O) groups excluding carboxylic acids is 1. The number of aromatic nitrogens is 2. The number of ether oxygens (including phenoxy) is 1. The first kappa shape index (κ1) is 17.3. The van der Waals surface area contributed by atoms with Crippen LogP contribution >= 0.6 is 11.6 Å². The molecule has 1 aliphatic heterocycles. The SMILES string of the molecule is O=C1CC(c2noc(COc3ccc(Cl)cc3)n2)CN1C1CCCCC1. The van der Waals surface area contributed by atoms with Crippen molar-refractivity contribution >= 4 is 17.5 Å². The zero-order valence-corrected chi connectivity index (χ0v) is 15.3. The molecule has 1 unspecified atom stereocenters. The number of nitrogens with zero attached hydrogens (tertiary/aromatic N) is 3. The van der Waals surface area contributed by atoms with E-state index in [-0.39, 0.29) is 18.4 Å². The van der Waals surface area contributed by atoms with Crippen LogP contribution in [0.25, 0.3) is 0 Å². The van der Waals surface area contributed by atoms with Gasteiger partial charge >= 0.3 is 0 Å². The van der Waals surface area contributed by atoms with E-state index < -0.39 is 0 Å². The fraction of sp³-hybridized carbons (Fsp3) is 0.526. The van der Waals surface area contributed by atoms with E-state index >= 15 is 0 Å². The van der Waals surface area contributed by atoms with Crippen molar-refractivity contribution in [2.24, 2.45) is 0 Å². The predicted molar refractivity (Wildman–Crippen MR) is 96.0 cm³/mol. The fourth-order valence-electron chi connectivity index (χ4n) is 3.82. The molecule has 1 atom stereocenters. The quantitative estimate of drug-likeness (QED) is 0.791. The summed E-state index contributed by atoms with van der Waals surface area (Å²) in [6, 6.07) is 7.50. The lowest BCUT2D eigenvalue weighted by molar-refractivity contribution is -0.130. The maximum absolute atomic E-state index is 12.4. The lowest BCUT2D eigenvalue weighted by Crippen LogP contribution is -2.37. The maximum atomic E-state index is 12.4. The van der Waals surface area contributed by atoms with Gasteiger partial charge in [-0.25, -0.2) is 0 Å². The summed E-state index contributed by atoms with van der Waals surface area (Å²) in [5, 5.41) is 4.73. The van der Waals surface area contributed by atoms with E-state index in [1.54, 1.807) is 24.3 Å². The van der Waals surface area contributed by atoms with E-state index in [9.17, 15) is 4.79 Å². The molecule has 1 amide bonds. The minimum absolute atomic E-state index is 0.0115. The summed E-state index contributed by atoms with van der Waals surface area (Å²) in [5.41, 5.74) is 0. The van der Waals surface area contributed by atoms with Crippen LogP contribution in [0.15, 0.2) is 28.8 Å². The van der Waals surface area contributed by atoms with Crippen molar-refractivity contribution in [2.45, 2.75) is 57.1 Å². The van der Waals surface area contributed by atoms with Crippen molar-refractivity contribution in [3.8, 4) is 5.75 Å². The van der Waals surface area contributed by atoms with Crippen molar-refractivity contribution in [3.63, 3.8) is 0 Å². The smallest absolute Gasteiger partial charge is 0.264 e. The van der Waals surface area contributed by atoms with Gasteiger partial charge in [-0.15, -0.1) is 0 Å². The Labute approximate surface area is 157 Å². The topological polar surface area (TPSA) is 68.5 Å². The molecule has 4 rings (SSSR count). The highest BCUT2D eigenvalue weighted by molar-refractivity contribution is 6.30. The van der Waals surface area contributed by atoms with Crippen LogP contribution in [-0.4, -0.2) is 33.5 Å². The summed E-state index contributed by atoms with van der Waals surface area (Å²) >= 11 is 5.86. The number of halogens is 1. The highest BCUT2D eigenvalue weighted by atomic mass is 35.5. The first-order valence-corrected chi connectivity index (χ1v) is 9.57. The number of likely N-dealkylation sites (tertiary alicyclic amines) is 1. The van der Waals surface area contributed by atoms with Gasteiger partial charge in [-0.1, -0.05) is 36.0 Å². The molecule has 6 nitrogen and oxygen atoms in total. The summed E-state index contributed by atoms with van der Waals surface area (Å²) in [6.07, 6.45) is 6.41. The summed E-state index contributed by atoms with van der Waals surface area (Å²) in [7, 11) is 0. The highest BCUT2D eigenvalue weighted by Crippen LogP contribution is 2.32. The maximum Gasteiger partial charge on any atom is 0.264 e. The third-order valence-corrected chi connectivity index (χ3v) is 5.45. The second-order valence-corrected chi connectivity index (χ2v) is 7.46. The Morgan fingerprint density at radius 1 is 1.19 bits per heavy atom. The Morgan fingerprint density at radius 3 is 2.73 bits per heavy atom. The van der Waals surface area contributed by atoms with Gasteiger partial charge in [0.15, 0.2) is 12.4 Å². The zero-order chi connectivity index (χ0) is 17.9. The molecule has 0 bridgehead atoms. The number of carbonyl (C=O) groups is 1. The number of rotatable bonds is 5. The molecule has 0 radical (unpaired) electrons. The molecule has 1 saturated heterocycles. The first-order chi connectivity index (χ1) is 12.7. The molecule has 7 heteroatoms. The monoisotopic (exact) mass is 375 g/mol. The molecular weight excluding hydrogens is 354 g/mol. The van der Waals surface area contributed by atoms with Crippen LogP contribution in [0.1, 0.15) is 56.2 Å². The Hall–Kier alpha value is -2.08. The van der Waals surface area contributed by atoms with Gasteiger partial charge in [0.05, 0.1) is 0 Å². The largest absolute Gasteiger partial charge is 0.484 e. The molecular formula is C19H22ClN3O3. The normalized spacial score (nSPS) is 21.3. The summed E-state index contributed by atoms with van der Waals surface area (Å²) in [5.74, 6) is 1.93. The van der Waals surface area contributed by atoms with Crippen molar-refractivity contribution in [2.75, 3.05) is 6.54 Å². The van der Waals surface area contributed by atoms with Gasteiger partial charge in [-0.05, 0) is 37.1 Å². The molecule has 2 fully saturated rings. The third-order valence-electron chi connectivity index (χ3n) is 5.20. The van der Waals surface area contributed by atoms with E-state index in [0.717, 1.165) is 12.8 Å². The first-order valence-electron chi connectivity index (χ1n) is 9.19. The van der Waals surface area contributed by atoms with Gasteiger partial charge in [0, 0.05) is 29.9 Å². The molecule has 1 aromatic heterocycles. The van der Waals surface area contributed by atoms with Gasteiger partial charge in [0.25, 0.3) is 5.89 Å². The summed E-state index contributed by atoms with van der Waals surface area (Å²) in [6.45, 7) is 0.891. The van der Waals surface area contributed by atoms with Crippen molar-refractivity contribution in [1.29, 1.82) is 0 Å². The molecule has 26 heavy (non-hydrogen) atoms. The molecule has 0 spiro atoms. The molecule has 1 aromatic carbocycles. The molecule has 2 aromatic rings. The molecule has 2 aliphatic rings. The summed E-state index contributed by atoms with van der Waals surface area (Å²) in [4.78, 5) is 18.9. The predicted octanol–water partition coefficient (Wildman–Crippen LogP) is 3.95. The molecule has 2 heterocycles. The lowest BCUT2D eigenvalue weighted by Gasteiger charge is -2.31. The standard InChI is InChI=1S/C19H22ClN3O3/c20-14-6-8-16(9-7-14)25-12-17-21-19(22-26-17)13-10-18(24)23(11-13)15-4-2-1-3-5-15/h6-9,13,15H,1-5,10-12H2. The number of hydrogen-bond acceptors (Lipinski definition) is 5. The second kappa shape index (κ2) is 7.66.